The van der Waals surface area contributed by atoms with Gasteiger partial charge in [0.2, 0.25) is 15.9 Å². The Morgan fingerprint density at radius 1 is 1.03 bits per heavy atom. The summed E-state index contributed by atoms with van der Waals surface area (Å²) in [7, 11) is -3.66. The number of benzene rings is 2. The van der Waals surface area contributed by atoms with Crippen LogP contribution in [-0.2, 0) is 21.4 Å². The summed E-state index contributed by atoms with van der Waals surface area (Å²) in [5, 5.41) is 0.220. The van der Waals surface area contributed by atoms with Gasteiger partial charge in [-0.2, -0.15) is 4.31 Å². The summed E-state index contributed by atoms with van der Waals surface area (Å²) in [6, 6.07) is 15.4. The number of aryl methyl sites for hydroxylation is 1. The largest absolute Gasteiger partial charge is 0.339 e. The summed E-state index contributed by atoms with van der Waals surface area (Å²) in [5.74, 6) is 0.0637. The van der Waals surface area contributed by atoms with Gasteiger partial charge < -0.3 is 4.90 Å². The number of amides is 1. The van der Waals surface area contributed by atoms with Gasteiger partial charge in [0.15, 0.2) is 0 Å². The third kappa shape index (κ3) is 5.29. The number of carbonyl (C=O) groups is 1. The molecule has 2 fully saturated rings. The first kappa shape index (κ1) is 22.3. The second-order valence-corrected chi connectivity index (χ2v) is 10.7. The van der Waals surface area contributed by atoms with E-state index in [4.69, 9.17) is 11.6 Å². The first-order chi connectivity index (χ1) is 14.8. The molecule has 8 heteroatoms. The van der Waals surface area contributed by atoms with Crippen molar-refractivity contribution in [3.8, 4) is 0 Å². The minimum Gasteiger partial charge on any atom is -0.339 e. The monoisotopic (exact) mass is 461 g/mol. The Morgan fingerprint density at radius 2 is 1.68 bits per heavy atom. The third-order valence-electron chi connectivity index (χ3n) is 5.95. The third-order valence-corrected chi connectivity index (χ3v) is 8.35. The summed E-state index contributed by atoms with van der Waals surface area (Å²) >= 11 is 6.10. The fraction of sp³-hybridized carbons (Fsp3) is 0.435. The van der Waals surface area contributed by atoms with E-state index in [0.717, 1.165) is 19.4 Å². The molecule has 2 aromatic rings. The number of halogens is 1. The molecule has 6 nitrogen and oxygen atoms in total. The highest BCUT2D eigenvalue weighted by Gasteiger charge is 2.34. The average molecular weight is 462 g/mol. The fourth-order valence-corrected chi connectivity index (χ4v) is 5.84. The summed E-state index contributed by atoms with van der Waals surface area (Å²) in [5.41, 5.74) is 2.43. The van der Waals surface area contributed by atoms with E-state index in [2.05, 4.69) is 36.1 Å². The molecule has 0 unspecified atom stereocenters. The Hall–Kier alpha value is -1.93. The molecule has 4 rings (SSSR count). The van der Waals surface area contributed by atoms with E-state index in [-0.39, 0.29) is 28.9 Å². The second kappa shape index (κ2) is 9.28. The van der Waals surface area contributed by atoms with Crippen molar-refractivity contribution in [1.29, 1.82) is 0 Å². The molecule has 0 N–H and O–H groups in total. The van der Waals surface area contributed by atoms with Crippen LogP contribution in [0.4, 0.5) is 0 Å². The predicted molar refractivity (Wildman–Crippen MR) is 121 cm³/mol. The normalized spacial score (nSPS) is 17.8. The lowest BCUT2D eigenvalue weighted by molar-refractivity contribution is -0.133. The Morgan fingerprint density at radius 3 is 2.29 bits per heavy atom. The maximum Gasteiger partial charge on any atom is 0.244 e. The molecular weight excluding hydrogens is 434 g/mol. The summed E-state index contributed by atoms with van der Waals surface area (Å²) in [6.45, 7) is 4.55. The number of nitrogens with zero attached hydrogens (tertiary/aromatic N) is 3. The minimum atomic E-state index is -3.66. The van der Waals surface area contributed by atoms with Crippen molar-refractivity contribution >= 4 is 27.5 Å². The van der Waals surface area contributed by atoms with Gasteiger partial charge in [0, 0.05) is 38.8 Å². The van der Waals surface area contributed by atoms with Crippen LogP contribution in [0.1, 0.15) is 24.0 Å². The molecule has 0 atom stereocenters. The van der Waals surface area contributed by atoms with Gasteiger partial charge in [0.25, 0.3) is 0 Å². The van der Waals surface area contributed by atoms with Crippen LogP contribution in [0.2, 0.25) is 5.02 Å². The zero-order valence-corrected chi connectivity index (χ0v) is 19.3. The Labute approximate surface area is 189 Å². The number of piperazine rings is 1. The van der Waals surface area contributed by atoms with Gasteiger partial charge in [-0.25, -0.2) is 8.42 Å². The first-order valence-corrected chi connectivity index (χ1v) is 12.5. The zero-order valence-electron chi connectivity index (χ0n) is 17.7. The van der Waals surface area contributed by atoms with Crippen LogP contribution in [0, 0.1) is 6.92 Å². The number of hydrogen-bond donors (Lipinski definition) is 0. The number of sulfonamides is 1. The van der Waals surface area contributed by atoms with Crippen LogP contribution in [0.3, 0.4) is 0 Å². The zero-order chi connectivity index (χ0) is 22.0. The lowest BCUT2D eigenvalue weighted by Crippen LogP contribution is -2.52. The van der Waals surface area contributed by atoms with E-state index < -0.39 is 10.0 Å². The van der Waals surface area contributed by atoms with Gasteiger partial charge in [-0.1, -0.05) is 53.6 Å². The highest BCUT2D eigenvalue weighted by molar-refractivity contribution is 7.89. The quantitative estimate of drug-likeness (QED) is 0.635. The van der Waals surface area contributed by atoms with Gasteiger partial charge in [0.05, 0.1) is 11.6 Å². The minimum absolute atomic E-state index is 0.0637. The Balaban J connectivity index is 1.35. The van der Waals surface area contributed by atoms with Crippen molar-refractivity contribution in [2.24, 2.45) is 0 Å². The summed E-state index contributed by atoms with van der Waals surface area (Å²) < 4.78 is 27.3. The standard InChI is InChI=1S/C23H28ClN3O3S/c1-18-6-8-19(9-7-18)16-26(20-10-11-20)17-23(28)25-12-14-27(15-13-25)31(29,30)22-5-3-2-4-21(22)24/h2-9,20H,10-17H2,1H3. The first-order valence-electron chi connectivity index (χ1n) is 10.7. The molecule has 1 saturated heterocycles. The molecule has 0 bridgehead atoms. The molecule has 1 aliphatic heterocycles. The highest BCUT2D eigenvalue weighted by Crippen LogP contribution is 2.29. The fourth-order valence-electron chi connectivity index (χ4n) is 3.93. The average Bonchev–Trinajstić information content (AvgIpc) is 3.60. The topological polar surface area (TPSA) is 60.9 Å². The molecule has 166 valence electrons. The summed E-state index contributed by atoms with van der Waals surface area (Å²) in [4.78, 5) is 17.1. The maximum absolute atomic E-state index is 13.0. The molecule has 0 aromatic heterocycles. The SMILES string of the molecule is Cc1ccc(CN(CC(=O)N2CCN(S(=O)(=O)c3ccccc3Cl)CC2)C2CC2)cc1. The van der Waals surface area contributed by atoms with Gasteiger partial charge in [-0.3, -0.25) is 9.69 Å². The van der Waals surface area contributed by atoms with E-state index in [1.165, 1.54) is 21.5 Å². The second-order valence-electron chi connectivity index (χ2n) is 8.34. The van der Waals surface area contributed by atoms with Crippen LogP contribution < -0.4 is 0 Å². The smallest absolute Gasteiger partial charge is 0.244 e. The van der Waals surface area contributed by atoms with Gasteiger partial charge in [0.1, 0.15) is 4.90 Å². The van der Waals surface area contributed by atoms with Crippen LogP contribution in [0.15, 0.2) is 53.4 Å². The van der Waals surface area contributed by atoms with Gasteiger partial charge in [-0.05, 0) is 37.5 Å². The molecule has 31 heavy (non-hydrogen) atoms. The van der Waals surface area contributed by atoms with E-state index >= 15 is 0 Å². The van der Waals surface area contributed by atoms with E-state index in [0.29, 0.717) is 25.7 Å². The Bertz CT molecular complexity index is 1030. The van der Waals surface area contributed by atoms with Crippen LogP contribution in [0.5, 0.6) is 0 Å². The molecule has 2 aromatic carbocycles. The number of hydrogen-bond acceptors (Lipinski definition) is 4. The molecule has 0 spiro atoms. The molecule has 1 saturated carbocycles. The van der Waals surface area contributed by atoms with E-state index in [1.807, 2.05) is 0 Å². The van der Waals surface area contributed by atoms with Crippen molar-refractivity contribution in [3.05, 3.63) is 64.7 Å². The van der Waals surface area contributed by atoms with Crippen molar-refractivity contribution in [2.75, 3.05) is 32.7 Å². The molecule has 1 heterocycles. The van der Waals surface area contributed by atoms with Crippen LogP contribution in [0.25, 0.3) is 0 Å². The van der Waals surface area contributed by atoms with Crippen molar-refractivity contribution in [3.63, 3.8) is 0 Å². The molecular formula is C23H28ClN3O3S. The molecule has 0 radical (unpaired) electrons. The highest BCUT2D eigenvalue weighted by atomic mass is 35.5. The maximum atomic E-state index is 13.0. The molecule has 1 amide bonds. The number of carbonyl (C=O) groups excluding carboxylic acids is 1. The van der Waals surface area contributed by atoms with Crippen LogP contribution >= 0.6 is 11.6 Å². The van der Waals surface area contributed by atoms with E-state index in [1.54, 1.807) is 23.1 Å². The van der Waals surface area contributed by atoms with E-state index in [9.17, 15) is 13.2 Å². The van der Waals surface area contributed by atoms with Crippen molar-refractivity contribution in [2.45, 2.75) is 37.2 Å². The lowest BCUT2D eigenvalue weighted by Gasteiger charge is -2.35. The number of rotatable bonds is 7. The molecule has 1 aliphatic carbocycles. The predicted octanol–water partition coefficient (Wildman–Crippen LogP) is 3.15. The lowest BCUT2D eigenvalue weighted by atomic mass is 10.1. The Kier molecular flexibility index (Phi) is 6.67. The van der Waals surface area contributed by atoms with Crippen molar-refractivity contribution in [1.82, 2.24) is 14.1 Å². The van der Waals surface area contributed by atoms with Gasteiger partial charge >= 0.3 is 0 Å². The van der Waals surface area contributed by atoms with Gasteiger partial charge in [-0.15, -0.1) is 0 Å². The van der Waals surface area contributed by atoms with Crippen LogP contribution in [-0.4, -0.2) is 67.2 Å². The van der Waals surface area contributed by atoms with Crippen molar-refractivity contribution < 1.29 is 13.2 Å². The molecule has 2 aliphatic rings. The summed E-state index contributed by atoms with van der Waals surface area (Å²) in [6.07, 6.45) is 2.26.